The van der Waals surface area contributed by atoms with Gasteiger partial charge in [-0.05, 0) is 54.7 Å². The molecule has 3 aromatic heterocycles. The molecule has 36 heavy (non-hydrogen) atoms. The van der Waals surface area contributed by atoms with Gasteiger partial charge in [0.05, 0.1) is 16.3 Å². The van der Waals surface area contributed by atoms with Crippen molar-refractivity contribution >= 4 is 32.8 Å². The third kappa shape index (κ3) is 4.77. The Hall–Kier alpha value is -3.53. The number of benzene rings is 1. The summed E-state index contributed by atoms with van der Waals surface area (Å²) >= 11 is 0. The molecule has 0 atom stereocenters. The predicted molar refractivity (Wildman–Crippen MR) is 138 cm³/mol. The third-order valence-electron chi connectivity index (χ3n) is 6.72. The zero-order chi connectivity index (χ0) is 25.4. The topological polar surface area (TPSA) is 92.5 Å². The monoisotopic (exact) mass is 508 g/mol. The van der Waals surface area contributed by atoms with Gasteiger partial charge >= 0.3 is 0 Å². The van der Waals surface area contributed by atoms with E-state index >= 15 is 0 Å². The number of halogens is 1. The second-order valence-electron chi connectivity index (χ2n) is 9.57. The number of sulfone groups is 1. The van der Waals surface area contributed by atoms with Gasteiger partial charge in [0.25, 0.3) is 0 Å². The highest BCUT2D eigenvalue weighted by molar-refractivity contribution is 7.90. The van der Waals surface area contributed by atoms with Crippen LogP contribution in [0.2, 0.25) is 0 Å². The normalized spacial score (nSPS) is 15.1. The lowest BCUT2D eigenvalue weighted by atomic mass is 9.94. The first-order valence-corrected chi connectivity index (χ1v) is 13.9. The smallest absolute Gasteiger partial charge is 0.225 e. The van der Waals surface area contributed by atoms with E-state index in [-0.39, 0.29) is 10.6 Å². The molecule has 1 aliphatic rings. The number of nitrogens with zero attached hydrogens (tertiary/aromatic N) is 5. The highest BCUT2D eigenvalue weighted by atomic mass is 32.2. The standard InChI is InChI=1S/C26H29FN6O2S/c1-17(2)19-14-29-26(30-15-19)32-11-8-18(9-12-32)24-16-28-25-23(5-4-10-33(24)25)31-22-7-6-20(13-21(22)27)36(3,34)35/h4-7,10,13-18,31H,8-9,11-12H2,1-3H3. The van der Waals surface area contributed by atoms with Crippen LogP contribution in [0.3, 0.4) is 0 Å². The van der Waals surface area contributed by atoms with E-state index < -0.39 is 15.7 Å². The van der Waals surface area contributed by atoms with Crippen LogP contribution in [-0.4, -0.2) is 47.1 Å². The Morgan fingerprint density at radius 3 is 2.39 bits per heavy atom. The summed E-state index contributed by atoms with van der Waals surface area (Å²) in [6, 6.07) is 7.58. The quantitative estimate of drug-likeness (QED) is 0.395. The minimum atomic E-state index is -3.48. The molecule has 8 nitrogen and oxygen atoms in total. The average Bonchev–Trinajstić information content (AvgIpc) is 3.30. The van der Waals surface area contributed by atoms with Crippen molar-refractivity contribution in [1.82, 2.24) is 19.4 Å². The van der Waals surface area contributed by atoms with Crippen LogP contribution in [0.15, 0.2) is 60.0 Å². The van der Waals surface area contributed by atoms with E-state index in [1.165, 1.54) is 12.1 Å². The van der Waals surface area contributed by atoms with E-state index in [2.05, 4.69) is 39.0 Å². The third-order valence-corrected chi connectivity index (χ3v) is 7.83. The largest absolute Gasteiger partial charge is 0.350 e. The van der Waals surface area contributed by atoms with Crippen molar-refractivity contribution in [2.45, 2.75) is 43.4 Å². The van der Waals surface area contributed by atoms with Crippen LogP contribution in [0.1, 0.15) is 49.8 Å². The van der Waals surface area contributed by atoms with Crippen molar-refractivity contribution in [2.75, 3.05) is 29.6 Å². The Morgan fingerprint density at radius 2 is 1.75 bits per heavy atom. The fraction of sp³-hybridized carbons (Fsp3) is 0.346. The molecular weight excluding hydrogens is 479 g/mol. The highest BCUT2D eigenvalue weighted by Crippen LogP contribution is 2.32. The lowest BCUT2D eigenvalue weighted by Crippen LogP contribution is -2.34. The maximum absolute atomic E-state index is 14.6. The number of rotatable bonds is 6. The number of fused-ring (bicyclic) bond motifs is 1. The highest BCUT2D eigenvalue weighted by Gasteiger charge is 2.25. The van der Waals surface area contributed by atoms with E-state index in [4.69, 9.17) is 0 Å². The zero-order valence-corrected chi connectivity index (χ0v) is 21.3. The van der Waals surface area contributed by atoms with Gasteiger partial charge in [-0.15, -0.1) is 0 Å². The number of hydrogen-bond acceptors (Lipinski definition) is 7. The molecule has 0 unspecified atom stereocenters. The molecule has 1 saturated heterocycles. The number of nitrogens with one attached hydrogen (secondary N) is 1. The van der Waals surface area contributed by atoms with Crippen molar-refractivity contribution < 1.29 is 12.8 Å². The van der Waals surface area contributed by atoms with Gasteiger partial charge in [-0.2, -0.15) is 0 Å². The molecule has 4 aromatic rings. The first-order valence-electron chi connectivity index (χ1n) is 12.0. The Morgan fingerprint density at radius 1 is 1.03 bits per heavy atom. The van der Waals surface area contributed by atoms with Gasteiger partial charge in [-0.3, -0.25) is 0 Å². The van der Waals surface area contributed by atoms with E-state index in [1.807, 2.05) is 41.3 Å². The van der Waals surface area contributed by atoms with Gasteiger partial charge in [0.15, 0.2) is 15.5 Å². The fourth-order valence-corrected chi connectivity index (χ4v) is 5.20. The number of hydrogen-bond donors (Lipinski definition) is 1. The van der Waals surface area contributed by atoms with Crippen molar-refractivity contribution in [3.05, 3.63) is 72.2 Å². The molecule has 1 aliphatic heterocycles. The van der Waals surface area contributed by atoms with Gasteiger partial charge in [0, 0.05) is 55.7 Å². The van der Waals surface area contributed by atoms with Crippen molar-refractivity contribution in [3.63, 3.8) is 0 Å². The summed E-state index contributed by atoms with van der Waals surface area (Å²) in [5, 5.41) is 3.07. The summed E-state index contributed by atoms with van der Waals surface area (Å²) in [5.74, 6) is 0.865. The van der Waals surface area contributed by atoms with Crippen molar-refractivity contribution in [2.24, 2.45) is 0 Å². The second-order valence-corrected chi connectivity index (χ2v) is 11.6. The molecule has 1 aromatic carbocycles. The van der Waals surface area contributed by atoms with Gasteiger partial charge in [-0.25, -0.2) is 27.8 Å². The van der Waals surface area contributed by atoms with Gasteiger partial charge in [0.1, 0.15) is 5.82 Å². The van der Waals surface area contributed by atoms with Gasteiger partial charge in [0.2, 0.25) is 5.95 Å². The molecule has 188 valence electrons. The van der Waals surface area contributed by atoms with Gasteiger partial charge in [-0.1, -0.05) is 13.8 Å². The van der Waals surface area contributed by atoms with Crippen LogP contribution >= 0.6 is 0 Å². The Balaban J connectivity index is 1.32. The van der Waals surface area contributed by atoms with Crippen LogP contribution in [0.25, 0.3) is 5.65 Å². The minimum absolute atomic E-state index is 0.0561. The number of imidazole rings is 1. The molecule has 1 fully saturated rings. The Bertz CT molecular complexity index is 1490. The number of piperidine rings is 1. The summed E-state index contributed by atoms with van der Waals surface area (Å²) in [4.78, 5) is 15.9. The molecule has 0 amide bonds. The van der Waals surface area contributed by atoms with Crippen LogP contribution in [-0.2, 0) is 9.84 Å². The van der Waals surface area contributed by atoms with Crippen molar-refractivity contribution in [3.8, 4) is 0 Å². The molecule has 1 N–H and O–H groups in total. The first kappa shape index (κ1) is 24.2. The van der Waals surface area contributed by atoms with E-state index in [9.17, 15) is 12.8 Å². The summed E-state index contributed by atoms with van der Waals surface area (Å²) < 4.78 is 40.1. The first-order chi connectivity index (χ1) is 17.2. The molecule has 0 saturated carbocycles. The lowest BCUT2D eigenvalue weighted by Gasteiger charge is -2.31. The summed E-state index contributed by atoms with van der Waals surface area (Å²) in [5.41, 5.74) is 3.77. The van der Waals surface area contributed by atoms with E-state index in [0.29, 0.717) is 23.2 Å². The molecule has 0 spiro atoms. The average molecular weight is 509 g/mol. The molecule has 10 heteroatoms. The molecule has 4 heterocycles. The minimum Gasteiger partial charge on any atom is -0.350 e. The van der Waals surface area contributed by atoms with Crippen molar-refractivity contribution in [1.29, 1.82) is 0 Å². The number of anilines is 3. The van der Waals surface area contributed by atoms with Gasteiger partial charge < -0.3 is 14.6 Å². The summed E-state index contributed by atoms with van der Waals surface area (Å²) in [7, 11) is -3.48. The van der Waals surface area contributed by atoms with Crippen LogP contribution in [0.4, 0.5) is 21.7 Å². The van der Waals surface area contributed by atoms with E-state index in [0.717, 1.165) is 55.5 Å². The fourth-order valence-electron chi connectivity index (χ4n) is 4.57. The summed E-state index contributed by atoms with van der Waals surface area (Å²) in [6.07, 6.45) is 10.6. The molecule has 0 radical (unpaired) electrons. The number of pyridine rings is 1. The maximum Gasteiger partial charge on any atom is 0.225 e. The van der Waals surface area contributed by atoms with E-state index in [1.54, 1.807) is 0 Å². The van der Waals surface area contributed by atoms with Crippen LogP contribution in [0, 0.1) is 5.82 Å². The zero-order valence-electron chi connectivity index (χ0n) is 20.5. The summed E-state index contributed by atoms with van der Waals surface area (Å²) in [6.45, 7) is 5.97. The molecular formula is C26H29FN6O2S. The second kappa shape index (κ2) is 9.50. The Kier molecular flexibility index (Phi) is 6.38. The maximum atomic E-state index is 14.6. The Labute approximate surface area is 210 Å². The molecule has 0 bridgehead atoms. The molecule has 0 aliphatic carbocycles. The molecule has 5 rings (SSSR count). The SMILES string of the molecule is CC(C)c1cnc(N2CCC(c3cnc4c(Nc5ccc(S(C)(=O)=O)cc5F)cccn34)CC2)nc1. The lowest BCUT2D eigenvalue weighted by molar-refractivity contribution is 0.488. The number of aromatic nitrogens is 4. The predicted octanol–water partition coefficient (Wildman–Crippen LogP) is 4.92. The van der Waals surface area contributed by atoms with Crippen LogP contribution < -0.4 is 10.2 Å². The van der Waals surface area contributed by atoms with Crippen LogP contribution in [0.5, 0.6) is 0 Å².